The van der Waals surface area contributed by atoms with Crippen molar-refractivity contribution in [3.63, 3.8) is 0 Å². The molecule has 0 fully saturated rings. The van der Waals surface area contributed by atoms with Gasteiger partial charge in [0.25, 0.3) is 0 Å². The predicted molar refractivity (Wildman–Crippen MR) is 69.9 cm³/mol. The Morgan fingerprint density at radius 2 is 2.21 bits per heavy atom. The van der Waals surface area contributed by atoms with Crippen molar-refractivity contribution >= 4 is 0 Å². The van der Waals surface area contributed by atoms with Crippen LogP contribution in [0.2, 0.25) is 0 Å². The molecule has 0 amide bonds. The molecule has 2 rings (SSSR count). The minimum atomic E-state index is 0.413. The summed E-state index contributed by atoms with van der Waals surface area (Å²) in [7, 11) is 1.56. The summed E-state index contributed by atoms with van der Waals surface area (Å²) >= 11 is 0. The lowest BCUT2D eigenvalue weighted by molar-refractivity contribution is 0.276. The maximum absolute atomic E-state index is 8.84. The Kier molecular flexibility index (Phi) is 4.04. The third kappa shape index (κ3) is 2.86. The number of hydrogen-bond acceptors (Lipinski definition) is 4. The maximum atomic E-state index is 8.84. The zero-order valence-electron chi connectivity index (χ0n) is 11.0. The Hall–Kier alpha value is -2.48. The van der Waals surface area contributed by atoms with Crippen LogP contribution in [0, 0.1) is 11.3 Å². The van der Waals surface area contributed by atoms with E-state index in [4.69, 9.17) is 14.7 Å². The van der Waals surface area contributed by atoms with E-state index in [1.54, 1.807) is 37.8 Å². The molecule has 98 valence electrons. The van der Waals surface area contributed by atoms with E-state index in [-0.39, 0.29) is 0 Å². The summed E-state index contributed by atoms with van der Waals surface area (Å²) in [4.78, 5) is 4.08. The van der Waals surface area contributed by atoms with Crippen LogP contribution in [0.4, 0.5) is 0 Å². The van der Waals surface area contributed by atoms with Crippen LogP contribution in [0.5, 0.6) is 11.5 Å². The summed E-state index contributed by atoms with van der Waals surface area (Å²) in [5.41, 5.74) is 1.54. The molecule has 0 bridgehead atoms. The quantitative estimate of drug-likeness (QED) is 0.825. The standard InChI is InChI=1S/C14H15N3O2/c1-3-17-10-16-8-12(17)9-19-13-5-4-11(7-15)6-14(13)18-2/h4-6,8,10H,3,9H2,1-2H3. The smallest absolute Gasteiger partial charge is 0.162 e. The summed E-state index contributed by atoms with van der Waals surface area (Å²) in [5.74, 6) is 1.17. The number of rotatable bonds is 5. The van der Waals surface area contributed by atoms with E-state index in [9.17, 15) is 0 Å². The molecule has 0 saturated heterocycles. The highest BCUT2D eigenvalue weighted by atomic mass is 16.5. The highest BCUT2D eigenvalue weighted by molar-refractivity contribution is 5.46. The lowest BCUT2D eigenvalue weighted by Crippen LogP contribution is -2.04. The molecule has 0 spiro atoms. The molecule has 0 radical (unpaired) electrons. The molecule has 1 aromatic carbocycles. The predicted octanol–water partition coefficient (Wildman–Crippen LogP) is 2.36. The lowest BCUT2D eigenvalue weighted by Gasteiger charge is -2.11. The lowest BCUT2D eigenvalue weighted by atomic mass is 10.2. The Labute approximate surface area is 112 Å². The van der Waals surface area contributed by atoms with E-state index in [1.165, 1.54) is 0 Å². The second-order valence-corrected chi connectivity index (χ2v) is 3.94. The number of aromatic nitrogens is 2. The Balaban J connectivity index is 2.13. The third-order valence-electron chi connectivity index (χ3n) is 2.81. The van der Waals surface area contributed by atoms with E-state index in [2.05, 4.69) is 11.1 Å². The van der Waals surface area contributed by atoms with Gasteiger partial charge in [-0.15, -0.1) is 0 Å². The first-order valence-corrected chi connectivity index (χ1v) is 5.98. The van der Waals surface area contributed by atoms with E-state index < -0.39 is 0 Å². The minimum Gasteiger partial charge on any atom is -0.493 e. The summed E-state index contributed by atoms with van der Waals surface area (Å²) in [6, 6.07) is 7.17. The monoisotopic (exact) mass is 257 g/mol. The van der Waals surface area contributed by atoms with Gasteiger partial charge in [0, 0.05) is 12.6 Å². The van der Waals surface area contributed by atoms with Gasteiger partial charge >= 0.3 is 0 Å². The number of imidazole rings is 1. The topological polar surface area (TPSA) is 60.1 Å². The average molecular weight is 257 g/mol. The fourth-order valence-corrected chi connectivity index (χ4v) is 1.76. The van der Waals surface area contributed by atoms with Crippen molar-refractivity contribution in [1.29, 1.82) is 5.26 Å². The fraction of sp³-hybridized carbons (Fsp3) is 0.286. The van der Waals surface area contributed by atoms with Crippen LogP contribution in [0.1, 0.15) is 18.2 Å². The van der Waals surface area contributed by atoms with E-state index in [0.29, 0.717) is 23.7 Å². The Morgan fingerprint density at radius 3 is 2.89 bits per heavy atom. The molecule has 5 nitrogen and oxygen atoms in total. The summed E-state index contributed by atoms with van der Waals surface area (Å²) in [5, 5.41) is 8.84. The highest BCUT2D eigenvalue weighted by Gasteiger charge is 2.07. The van der Waals surface area contributed by atoms with Crippen molar-refractivity contribution in [2.75, 3.05) is 7.11 Å². The Bertz CT molecular complexity index is 599. The zero-order chi connectivity index (χ0) is 13.7. The molecule has 5 heteroatoms. The van der Waals surface area contributed by atoms with Crippen LogP contribution in [0.25, 0.3) is 0 Å². The third-order valence-corrected chi connectivity index (χ3v) is 2.81. The number of nitriles is 1. The normalized spacial score (nSPS) is 9.95. The molecule has 2 aromatic rings. The Morgan fingerprint density at radius 1 is 1.37 bits per heavy atom. The van der Waals surface area contributed by atoms with Crippen molar-refractivity contribution in [3.05, 3.63) is 42.0 Å². The van der Waals surface area contributed by atoms with Crippen molar-refractivity contribution < 1.29 is 9.47 Å². The van der Waals surface area contributed by atoms with Crippen LogP contribution < -0.4 is 9.47 Å². The van der Waals surface area contributed by atoms with E-state index >= 15 is 0 Å². The van der Waals surface area contributed by atoms with Crippen molar-refractivity contribution in [2.45, 2.75) is 20.1 Å². The number of methoxy groups -OCH3 is 1. The zero-order valence-corrected chi connectivity index (χ0v) is 11.0. The number of hydrogen-bond donors (Lipinski definition) is 0. The minimum absolute atomic E-state index is 0.413. The van der Waals surface area contributed by atoms with Gasteiger partial charge in [0.15, 0.2) is 11.5 Å². The molecule has 1 heterocycles. The maximum Gasteiger partial charge on any atom is 0.162 e. The largest absolute Gasteiger partial charge is 0.493 e. The first-order chi connectivity index (χ1) is 9.28. The summed E-state index contributed by atoms with van der Waals surface area (Å²) < 4.78 is 12.9. The van der Waals surface area contributed by atoms with Gasteiger partial charge in [-0.1, -0.05) is 0 Å². The van der Waals surface area contributed by atoms with Gasteiger partial charge in [0.1, 0.15) is 6.61 Å². The molecule has 0 aliphatic carbocycles. The van der Waals surface area contributed by atoms with Crippen LogP contribution in [0.3, 0.4) is 0 Å². The molecular weight excluding hydrogens is 242 g/mol. The van der Waals surface area contributed by atoms with Crippen LogP contribution in [-0.4, -0.2) is 16.7 Å². The number of nitrogens with zero attached hydrogens (tertiary/aromatic N) is 3. The first-order valence-electron chi connectivity index (χ1n) is 5.98. The van der Waals surface area contributed by atoms with E-state index in [0.717, 1.165) is 12.2 Å². The number of aryl methyl sites for hydroxylation is 1. The van der Waals surface area contributed by atoms with Crippen molar-refractivity contribution in [3.8, 4) is 17.6 Å². The van der Waals surface area contributed by atoms with Gasteiger partial charge < -0.3 is 14.0 Å². The van der Waals surface area contributed by atoms with Gasteiger partial charge in [0.2, 0.25) is 0 Å². The van der Waals surface area contributed by atoms with Crippen LogP contribution >= 0.6 is 0 Å². The second kappa shape index (κ2) is 5.91. The molecular formula is C14H15N3O2. The van der Waals surface area contributed by atoms with E-state index in [1.807, 2.05) is 11.5 Å². The SMILES string of the molecule is CCn1cncc1COc1ccc(C#N)cc1OC. The summed E-state index contributed by atoms with van der Waals surface area (Å²) in [6.07, 6.45) is 3.55. The van der Waals surface area contributed by atoms with Crippen LogP contribution in [0.15, 0.2) is 30.7 Å². The second-order valence-electron chi connectivity index (χ2n) is 3.94. The van der Waals surface area contributed by atoms with Gasteiger partial charge in [-0.2, -0.15) is 5.26 Å². The number of ether oxygens (including phenoxy) is 2. The van der Waals surface area contributed by atoms with Crippen LogP contribution in [-0.2, 0) is 13.2 Å². The molecule has 19 heavy (non-hydrogen) atoms. The molecule has 1 aromatic heterocycles. The van der Waals surface area contributed by atoms with Gasteiger partial charge in [-0.05, 0) is 19.1 Å². The van der Waals surface area contributed by atoms with Crippen molar-refractivity contribution in [2.24, 2.45) is 0 Å². The van der Waals surface area contributed by atoms with Gasteiger partial charge in [0.05, 0.1) is 37.0 Å². The first kappa shape index (κ1) is 13.0. The molecule has 0 N–H and O–H groups in total. The molecule has 0 saturated carbocycles. The molecule has 0 unspecified atom stereocenters. The molecule has 0 aliphatic heterocycles. The number of benzene rings is 1. The average Bonchev–Trinajstić information content (AvgIpc) is 2.92. The summed E-state index contributed by atoms with van der Waals surface area (Å²) in [6.45, 7) is 3.31. The highest BCUT2D eigenvalue weighted by Crippen LogP contribution is 2.28. The van der Waals surface area contributed by atoms with Gasteiger partial charge in [-0.25, -0.2) is 4.98 Å². The van der Waals surface area contributed by atoms with Crippen molar-refractivity contribution in [1.82, 2.24) is 9.55 Å². The molecule has 0 aliphatic rings. The molecule has 0 atom stereocenters. The fourth-order valence-electron chi connectivity index (χ4n) is 1.76. The van der Waals surface area contributed by atoms with Gasteiger partial charge in [-0.3, -0.25) is 0 Å².